The average Bonchev–Trinajstić information content (AvgIpc) is 2.82. The fourth-order valence-electron chi connectivity index (χ4n) is 2.14. The zero-order chi connectivity index (χ0) is 14.7. The monoisotopic (exact) mass is 282 g/mol. The Balaban J connectivity index is 1.83. The number of anilines is 1. The predicted molar refractivity (Wildman–Crippen MR) is 73.2 cm³/mol. The van der Waals surface area contributed by atoms with Gasteiger partial charge in [0.2, 0.25) is 11.8 Å². The molecule has 112 valence electrons. The third kappa shape index (κ3) is 3.77. The number of β-amino-alcohol motifs (C(OH)–C–C–N with tert-alkyl or cyclic N) is 1. The molecule has 2 N–H and O–H groups in total. The van der Waals surface area contributed by atoms with E-state index in [1.807, 2.05) is 25.7 Å². The van der Waals surface area contributed by atoms with Crippen LogP contribution in [0.2, 0.25) is 0 Å². The van der Waals surface area contributed by atoms with Crippen molar-refractivity contribution in [2.24, 2.45) is 5.92 Å². The summed E-state index contributed by atoms with van der Waals surface area (Å²) in [5, 5.41) is 20.0. The van der Waals surface area contributed by atoms with Gasteiger partial charge in [-0.2, -0.15) is 0 Å². The first kappa shape index (κ1) is 14.9. The Morgan fingerprint density at radius 2 is 2.30 bits per heavy atom. The van der Waals surface area contributed by atoms with Crippen LogP contribution in [0.25, 0.3) is 0 Å². The van der Waals surface area contributed by atoms with E-state index in [4.69, 9.17) is 4.42 Å². The van der Waals surface area contributed by atoms with Gasteiger partial charge in [0.25, 0.3) is 0 Å². The fourth-order valence-corrected chi connectivity index (χ4v) is 2.14. The Labute approximate surface area is 118 Å². The zero-order valence-electron chi connectivity index (χ0n) is 12.2. The van der Waals surface area contributed by atoms with Crippen LogP contribution in [0, 0.1) is 5.92 Å². The smallest absolute Gasteiger partial charge is 0.322 e. The maximum Gasteiger partial charge on any atom is 0.322 e. The van der Waals surface area contributed by atoms with Gasteiger partial charge in [-0.3, -0.25) is 15.0 Å². The molecule has 1 saturated heterocycles. The standard InChI is InChI=1S/C13H22N4O3/c1-8(2)12-15-16-13(20-12)14-11(19)7-17-5-4-9(3)10(18)6-17/h8-10,18H,4-7H2,1-3H3,(H,14,16,19). The molecule has 1 aromatic rings. The summed E-state index contributed by atoms with van der Waals surface area (Å²) in [6.45, 7) is 7.46. The quantitative estimate of drug-likeness (QED) is 0.850. The van der Waals surface area contributed by atoms with Crippen molar-refractivity contribution in [2.75, 3.05) is 25.0 Å². The number of likely N-dealkylation sites (tertiary alicyclic amines) is 1. The lowest BCUT2D eigenvalue weighted by Crippen LogP contribution is -2.45. The van der Waals surface area contributed by atoms with E-state index in [0.717, 1.165) is 13.0 Å². The SMILES string of the molecule is CC(C)c1nnc(NC(=O)CN2CCC(C)C(O)C2)o1. The maximum absolute atomic E-state index is 11.9. The molecule has 0 aromatic carbocycles. The molecule has 1 fully saturated rings. The Hall–Kier alpha value is -1.47. The molecule has 20 heavy (non-hydrogen) atoms. The molecule has 2 unspecified atom stereocenters. The van der Waals surface area contributed by atoms with Crippen LogP contribution in [-0.2, 0) is 4.79 Å². The minimum Gasteiger partial charge on any atom is -0.408 e. The summed E-state index contributed by atoms with van der Waals surface area (Å²) in [5.41, 5.74) is 0. The van der Waals surface area contributed by atoms with Crippen LogP contribution in [0.5, 0.6) is 0 Å². The summed E-state index contributed by atoms with van der Waals surface area (Å²) >= 11 is 0. The van der Waals surface area contributed by atoms with E-state index in [2.05, 4.69) is 15.5 Å². The number of aliphatic hydroxyl groups excluding tert-OH is 1. The molecular weight excluding hydrogens is 260 g/mol. The number of nitrogens with one attached hydrogen (secondary N) is 1. The first-order valence-electron chi connectivity index (χ1n) is 6.99. The van der Waals surface area contributed by atoms with Crippen molar-refractivity contribution >= 4 is 11.9 Å². The summed E-state index contributed by atoms with van der Waals surface area (Å²) < 4.78 is 5.32. The molecule has 7 nitrogen and oxygen atoms in total. The van der Waals surface area contributed by atoms with Crippen LogP contribution >= 0.6 is 0 Å². The number of aliphatic hydroxyl groups is 1. The third-order valence-corrected chi connectivity index (χ3v) is 3.55. The van der Waals surface area contributed by atoms with Gasteiger partial charge >= 0.3 is 6.01 Å². The molecule has 1 amide bonds. The summed E-state index contributed by atoms with van der Waals surface area (Å²) in [7, 11) is 0. The number of aromatic nitrogens is 2. The highest BCUT2D eigenvalue weighted by atomic mass is 16.4. The number of nitrogens with zero attached hydrogens (tertiary/aromatic N) is 3. The van der Waals surface area contributed by atoms with Gasteiger partial charge in [-0.15, -0.1) is 5.10 Å². The molecule has 2 atom stereocenters. The first-order chi connectivity index (χ1) is 9.45. The van der Waals surface area contributed by atoms with E-state index in [1.54, 1.807) is 0 Å². The highest BCUT2D eigenvalue weighted by molar-refractivity contribution is 5.90. The van der Waals surface area contributed by atoms with Crippen molar-refractivity contribution < 1.29 is 14.3 Å². The molecule has 0 saturated carbocycles. The third-order valence-electron chi connectivity index (χ3n) is 3.55. The largest absolute Gasteiger partial charge is 0.408 e. The molecular formula is C13H22N4O3. The lowest BCUT2D eigenvalue weighted by atomic mass is 9.96. The molecule has 1 aliphatic heterocycles. The van der Waals surface area contributed by atoms with Gasteiger partial charge in [0, 0.05) is 12.5 Å². The maximum atomic E-state index is 11.9. The zero-order valence-corrected chi connectivity index (χ0v) is 12.2. The number of carbonyl (C=O) groups is 1. The van der Waals surface area contributed by atoms with Crippen LogP contribution in [0.15, 0.2) is 4.42 Å². The minimum atomic E-state index is -0.368. The first-order valence-corrected chi connectivity index (χ1v) is 6.99. The van der Waals surface area contributed by atoms with E-state index < -0.39 is 0 Å². The van der Waals surface area contributed by atoms with Crippen molar-refractivity contribution in [3.8, 4) is 0 Å². The molecule has 7 heteroatoms. The Morgan fingerprint density at radius 1 is 1.55 bits per heavy atom. The van der Waals surface area contributed by atoms with Gasteiger partial charge in [-0.05, 0) is 18.9 Å². The number of carbonyl (C=O) groups excluding carboxylic acids is 1. The van der Waals surface area contributed by atoms with Gasteiger partial charge in [0.05, 0.1) is 12.6 Å². The molecule has 1 aliphatic rings. The van der Waals surface area contributed by atoms with Crippen molar-refractivity contribution in [1.82, 2.24) is 15.1 Å². The fraction of sp³-hybridized carbons (Fsp3) is 0.769. The van der Waals surface area contributed by atoms with E-state index in [1.165, 1.54) is 0 Å². The summed E-state index contributed by atoms with van der Waals surface area (Å²) in [6, 6.07) is 0.129. The highest BCUT2D eigenvalue weighted by Gasteiger charge is 2.25. The van der Waals surface area contributed by atoms with Crippen molar-refractivity contribution in [1.29, 1.82) is 0 Å². The van der Waals surface area contributed by atoms with Crippen LogP contribution in [0.3, 0.4) is 0 Å². The number of hydrogen-bond acceptors (Lipinski definition) is 6. The summed E-state index contributed by atoms with van der Waals surface area (Å²) in [5.74, 6) is 0.721. The van der Waals surface area contributed by atoms with Gasteiger partial charge in [-0.25, -0.2) is 0 Å². The number of rotatable bonds is 4. The highest BCUT2D eigenvalue weighted by Crippen LogP contribution is 2.17. The molecule has 0 aliphatic carbocycles. The van der Waals surface area contributed by atoms with Crippen molar-refractivity contribution in [3.05, 3.63) is 5.89 Å². The van der Waals surface area contributed by atoms with Crippen molar-refractivity contribution in [3.63, 3.8) is 0 Å². The summed E-state index contributed by atoms with van der Waals surface area (Å²) in [6.07, 6.45) is 0.527. The second-order valence-electron chi connectivity index (χ2n) is 5.72. The Kier molecular flexibility index (Phi) is 4.72. The molecule has 1 aromatic heterocycles. The van der Waals surface area contributed by atoms with Crippen LogP contribution in [0.4, 0.5) is 6.01 Å². The Morgan fingerprint density at radius 3 is 2.90 bits per heavy atom. The minimum absolute atomic E-state index is 0.129. The molecule has 0 spiro atoms. The van der Waals surface area contributed by atoms with Crippen LogP contribution in [0.1, 0.15) is 39.0 Å². The average molecular weight is 282 g/mol. The molecule has 0 radical (unpaired) electrons. The van der Waals surface area contributed by atoms with E-state index in [-0.39, 0.29) is 30.5 Å². The van der Waals surface area contributed by atoms with Gasteiger partial charge in [0.1, 0.15) is 0 Å². The Bertz CT molecular complexity index is 460. The van der Waals surface area contributed by atoms with Gasteiger partial charge in [0.15, 0.2) is 0 Å². The van der Waals surface area contributed by atoms with E-state index in [0.29, 0.717) is 18.4 Å². The number of amides is 1. The number of hydrogen-bond donors (Lipinski definition) is 2. The van der Waals surface area contributed by atoms with E-state index in [9.17, 15) is 9.90 Å². The van der Waals surface area contributed by atoms with Crippen LogP contribution in [-0.4, -0.2) is 51.8 Å². The topological polar surface area (TPSA) is 91.5 Å². The van der Waals surface area contributed by atoms with Gasteiger partial charge < -0.3 is 9.52 Å². The lowest BCUT2D eigenvalue weighted by Gasteiger charge is -2.33. The molecule has 2 rings (SSSR count). The summed E-state index contributed by atoms with van der Waals surface area (Å²) in [4.78, 5) is 13.8. The lowest BCUT2D eigenvalue weighted by molar-refractivity contribution is -0.118. The van der Waals surface area contributed by atoms with Gasteiger partial charge in [-0.1, -0.05) is 25.9 Å². The second-order valence-corrected chi connectivity index (χ2v) is 5.72. The van der Waals surface area contributed by atoms with Crippen LogP contribution < -0.4 is 5.32 Å². The van der Waals surface area contributed by atoms with E-state index >= 15 is 0 Å². The predicted octanol–water partition coefficient (Wildman–Crippen LogP) is 0.834. The number of piperidine rings is 1. The second kappa shape index (κ2) is 6.32. The normalized spacial score (nSPS) is 24.1. The van der Waals surface area contributed by atoms with Crippen molar-refractivity contribution in [2.45, 2.75) is 39.2 Å². The molecule has 0 bridgehead atoms. The molecule has 2 heterocycles.